The van der Waals surface area contributed by atoms with E-state index in [1.54, 1.807) is 7.11 Å². The number of para-hydroxylation sites is 1. The van der Waals surface area contributed by atoms with Crippen molar-refractivity contribution in [2.75, 3.05) is 14.2 Å². The van der Waals surface area contributed by atoms with Gasteiger partial charge in [-0.15, -0.1) is 0 Å². The Labute approximate surface area is 169 Å². The molecule has 2 aromatic carbocycles. The highest BCUT2D eigenvalue weighted by Gasteiger charge is 2.12. The highest BCUT2D eigenvalue weighted by Crippen LogP contribution is 2.20. The Morgan fingerprint density at radius 1 is 1.07 bits per heavy atom. The maximum atomic E-state index is 5.42. The van der Waals surface area contributed by atoms with Crippen LogP contribution in [0.3, 0.4) is 0 Å². The third-order valence-corrected chi connectivity index (χ3v) is 4.67. The molecule has 0 saturated carbocycles. The van der Waals surface area contributed by atoms with Gasteiger partial charge >= 0.3 is 0 Å². The summed E-state index contributed by atoms with van der Waals surface area (Å²) in [6.07, 6.45) is 3.94. The summed E-state index contributed by atoms with van der Waals surface area (Å²) in [7, 11) is 3.66. The standard InChI is InChI=1S/C22H23N5O2/c1-16-6-4-5-7-20(16)27-14-17(12-23-27)13-26(2)15-21-24-22(25-29-21)18-8-10-19(28-3)11-9-18/h4-12,14H,13,15H2,1-3H3. The van der Waals surface area contributed by atoms with Crippen molar-refractivity contribution in [2.24, 2.45) is 0 Å². The molecule has 0 fully saturated rings. The number of aryl methyl sites for hydroxylation is 1. The number of benzene rings is 2. The Balaban J connectivity index is 1.40. The van der Waals surface area contributed by atoms with Gasteiger partial charge in [-0.3, -0.25) is 4.90 Å². The average molecular weight is 389 g/mol. The lowest BCUT2D eigenvalue weighted by atomic mass is 10.2. The summed E-state index contributed by atoms with van der Waals surface area (Å²) in [6.45, 7) is 3.36. The van der Waals surface area contributed by atoms with E-state index in [9.17, 15) is 0 Å². The maximum Gasteiger partial charge on any atom is 0.241 e. The predicted molar refractivity (Wildman–Crippen MR) is 110 cm³/mol. The summed E-state index contributed by atoms with van der Waals surface area (Å²) in [5.41, 5.74) is 4.28. The van der Waals surface area contributed by atoms with Crippen LogP contribution >= 0.6 is 0 Å². The summed E-state index contributed by atoms with van der Waals surface area (Å²) in [6, 6.07) is 15.8. The molecule has 0 atom stereocenters. The molecule has 0 aliphatic heterocycles. The fourth-order valence-corrected chi connectivity index (χ4v) is 3.17. The molecule has 0 amide bonds. The van der Waals surface area contributed by atoms with Crippen LogP contribution < -0.4 is 4.74 Å². The van der Waals surface area contributed by atoms with Crippen LogP contribution in [0.5, 0.6) is 5.75 Å². The molecule has 2 aromatic heterocycles. The van der Waals surface area contributed by atoms with Gasteiger partial charge in [0.2, 0.25) is 11.7 Å². The Morgan fingerprint density at radius 2 is 1.86 bits per heavy atom. The Hall–Kier alpha value is -3.45. The largest absolute Gasteiger partial charge is 0.497 e. The van der Waals surface area contributed by atoms with E-state index in [4.69, 9.17) is 9.26 Å². The summed E-state index contributed by atoms with van der Waals surface area (Å²) < 4.78 is 12.5. The summed E-state index contributed by atoms with van der Waals surface area (Å²) in [5, 5.41) is 8.58. The first-order chi connectivity index (χ1) is 14.1. The van der Waals surface area contributed by atoms with Gasteiger partial charge in [0, 0.05) is 23.9 Å². The first-order valence-corrected chi connectivity index (χ1v) is 9.37. The van der Waals surface area contributed by atoms with Crippen LogP contribution in [-0.2, 0) is 13.1 Å². The van der Waals surface area contributed by atoms with E-state index in [-0.39, 0.29) is 0 Å². The van der Waals surface area contributed by atoms with Crippen molar-refractivity contribution in [2.45, 2.75) is 20.0 Å². The molecule has 0 spiro atoms. The first kappa shape index (κ1) is 18.9. The van der Waals surface area contributed by atoms with Crippen LogP contribution in [0.25, 0.3) is 17.1 Å². The van der Waals surface area contributed by atoms with Crippen LogP contribution in [0, 0.1) is 6.92 Å². The smallest absolute Gasteiger partial charge is 0.241 e. The highest BCUT2D eigenvalue weighted by molar-refractivity contribution is 5.55. The monoisotopic (exact) mass is 389 g/mol. The van der Waals surface area contributed by atoms with Gasteiger partial charge in [0.15, 0.2) is 0 Å². The molecule has 7 nitrogen and oxygen atoms in total. The molecule has 0 radical (unpaired) electrons. The lowest BCUT2D eigenvalue weighted by Gasteiger charge is -2.12. The van der Waals surface area contributed by atoms with E-state index in [0.29, 0.717) is 18.3 Å². The number of methoxy groups -OCH3 is 1. The Kier molecular flexibility index (Phi) is 5.39. The topological polar surface area (TPSA) is 69.2 Å². The predicted octanol–water partition coefficient (Wildman–Crippen LogP) is 3.87. The zero-order valence-electron chi connectivity index (χ0n) is 16.7. The van der Waals surface area contributed by atoms with E-state index < -0.39 is 0 Å². The quantitative estimate of drug-likeness (QED) is 0.478. The molecule has 4 rings (SSSR count). The number of hydrogen-bond donors (Lipinski definition) is 0. The van der Waals surface area contributed by atoms with Gasteiger partial charge in [0.25, 0.3) is 0 Å². The minimum absolute atomic E-state index is 0.554. The molecule has 0 bridgehead atoms. The van der Waals surface area contributed by atoms with Crippen molar-refractivity contribution in [3.8, 4) is 22.8 Å². The summed E-state index contributed by atoms with van der Waals surface area (Å²) in [5.74, 6) is 1.94. The second kappa shape index (κ2) is 8.28. The van der Waals surface area contributed by atoms with Gasteiger partial charge in [-0.1, -0.05) is 23.4 Å². The second-order valence-electron chi connectivity index (χ2n) is 6.99. The van der Waals surface area contributed by atoms with Gasteiger partial charge in [-0.2, -0.15) is 10.1 Å². The zero-order valence-corrected chi connectivity index (χ0v) is 16.7. The van der Waals surface area contributed by atoms with Crippen molar-refractivity contribution >= 4 is 0 Å². The van der Waals surface area contributed by atoms with Crippen LogP contribution in [0.15, 0.2) is 65.4 Å². The lowest BCUT2D eigenvalue weighted by molar-refractivity contribution is 0.261. The lowest BCUT2D eigenvalue weighted by Crippen LogP contribution is -2.17. The van der Waals surface area contributed by atoms with Crippen molar-refractivity contribution in [3.63, 3.8) is 0 Å². The third-order valence-electron chi connectivity index (χ3n) is 4.67. The number of aromatic nitrogens is 4. The summed E-state index contributed by atoms with van der Waals surface area (Å²) >= 11 is 0. The van der Waals surface area contributed by atoms with Gasteiger partial charge in [0.05, 0.1) is 25.5 Å². The molecule has 148 valence electrons. The molecule has 0 N–H and O–H groups in total. The molecular formula is C22H23N5O2. The van der Waals surface area contributed by atoms with Crippen LogP contribution in [-0.4, -0.2) is 39.0 Å². The van der Waals surface area contributed by atoms with E-state index in [1.165, 1.54) is 5.56 Å². The Morgan fingerprint density at radius 3 is 2.62 bits per heavy atom. The van der Waals surface area contributed by atoms with E-state index in [0.717, 1.165) is 29.1 Å². The van der Waals surface area contributed by atoms with Gasteiger partial charge in [0.1, 0.15) is 5.75 Å². The minimum atomic E-state index is 0.554. The van der Waals surface area contributed by atoms with E-state index in [2.05, 4.69) is 45.4 Å². The fraction of sp³-hybridized carbons (Fsp3) is 0.227. The molecule has 2 heterocycles. The van der Waals surface area contributed by atoms with Crippen LogP contribution in [0.1, 0.15) is 17.0 Å². The van der Waals surface area contributed by atoms with Crippen molar-refractivity contribution in [1.29, 1.82) is 0 Å². The van der Waals surface area contributed by atoms with Crippen molar-refractivity contribution in [1.82, 2.24) is 24.8 Å². The normalized spacial score (nSPS) is 11.2. The maximum absolute atomic E-state index is 5.42. The van der Waals surface area contributed by atoms with Crippen molar-refractivity contribution in [3.05, 3.63) is 77.9 Å². The van der Waals surface area contributed by atoms with Crippen LogP contribution in [0.2, 0.25) is 0 Å². The van der Waals surface area contributed by atoms with Gasteiger partial charge < -0.3 is 9.26 Å². The minimum Gasteiger partial charge on any atom is -0.497 e. The fourth-order valence-electron chi connectivity index (χ4n) is 3.17. The third kappa shape index (κ3) is 4.35. The molecule has 0 aliphatic carbocycles. The second-order valence-corrected chi connectivity index (χ2v) is 6.99. The zero-order chi connectivity index (χ0) is 20.2. The van der Waals surface area contributed by atoms with E-state index >= 15 is 0 Å². The summed E-state index contributed by atoms with van der Waals surface area (Å²) in [4.78, 5) is 6.62. The van der Waals surface area contributed by atoms with Crippen molar-refractivity contribution < 1.29 is 9.26 Å². The molecule has 0 unspecified atom stereocenters. The van der Waals surface area contributed by atoms with E-state index in [1.807, 2.05) is 54.3 Å². The van der Waals surface area contributed by atoms with Gasteiger partial charge in [-0.05, 0) is 49.9 Å². The van der Waals surface area contributed by atoms with Crippen LogP contribution in [0.4, 0.5) is 0 Å². The number of rotatable bonds is 7. The molecule has 0 aliphatic rings. The van der Waals surface area contributed by atoms with Gasteiger partial charge in [-0.25, -0.2) is 4.68 Å². The number of ether oxygens (including phenoxy) is 1. The molecule has 4 aromatic rings. The Bertz CT molecular complexity index is 1080. The molecule has 7 heteroatoms. The molecule has 29 heavy (non-hydrogen) atoms. The molecular weight excluding hydrogens is 366 g/mol. The first-order valence-electron chi connectivity index (χ1n) is 9.37. The average Bonchev–Trinajstić information content (AvgIpc) is 3.38. The number of nitrogens with zero attached hydrogens (tertiary/aromatic N) is 5. The SMILES string of the molecule is COc1ccc(-c2noc(CN(C)Cc3cnn(-c4ccccc4C)c3)n2)cc1. The highest BCUT2D eigenvalue weighted by atomic mass is 16.5. The number of hydrogen-bond acceptors (Lipinski definition) is 6. The molecule has 0 saturated heterocycles.